The summed E-state index contributed by atoms with van der Waals surface area (Å²) in [5.74, 6) is -0.364. The molecular formula is C39H48N10O4. The zero-order valence-corrected chi connectivity index (χ0v) is 30.9. The number of piperazine rings is 1. The quantitative estimate of drug-likeness (QED) is 0.220. The molecule has 4 aromatic rings. The predicted molar refractivity (Wildman–Crippen MR) is 198 cm³/mol. The fourth-order valence-corrected chi connectivity index (χ4v) is 7.58. The SMILES string of the molecule is CCC(C)n1ncn(C2(C)C=CC(N3CCN(C4(C)C=CC(OCC5COC(Cn6nccn6)(c6cnc7ccccc7n6)O5)=CC4)CC3)=CC2)c1=O. The van der Waals surface area contributed by atoms with Crippen LogP contribution < -0.4 is 5.69 Å². The van der Waals surface area contributed by atoms with Crippen LogP contribution in [-0.2, 0) is 32.1 Å². The zero-order chi connectivity index (χ0) is 36.6. The van der Waals surface area contributed by atoms with E-state index < -0.39 is 11.3 Å². The van der Waals surface area contributed by atoms with Gasteiger partial charge in [0.1, 0.15) is 37.0 Å². The van der Waals surface area contributed by atoms with Crippen LogP contribution in [0.25, 0.3) is 11.0 Å². The maximum atomic E-state index is 13.1. The Morgan fingerprint density at radius 3 is 2.43 bits per heavy atom. The number of rotatable bonds is 11. The first-order valence-electron chi connectivity index (χ1n) is 18.6. The van der Waals surface area contributed by atoms with E-state index in [4.69, 9.17) is 19.2 Å². The topological polar surface area (TPSA) is 130 Å². The Bertz CT molecular complexity index is 2110. The van der Waals surface area contributed by atoms with Crippen molar-refractivity contribution in [1.82, 2.24) is 49.1 Å². The van der Waals surface area contributed by atoms with Crippen molar-refractivity contribution in [3.8, 4) is 0 Å². The van der Waals surface area contributed by atoms with E-state index in [9.17, 15) is 4.79 Å². The van der Waals surface area contributed by atoms with Gasteiger partial charge in [-0.15, -0.1) is 0 Å². The number of hydrogen-bond donors (Lipinski definition) is 0. The van der Waals surface area contributed by atoms with Gasteiger partial charge in [-0.25, -0.2) is 14.5 Å². The summed E-state index contributed by atoms with van der Waals surface area (Å²) in [7, 11) is 0. The fraction of sp³-hybridized carbons (Fsp3) is 0.487. The van der Waals surface area contributed by atoms with Crippen LogP contribution in [0.2, 0.25) is 0 Å². The molecule has 8 rings (SSSR count). The van der Waals surface area contributed by atoms with Gasteiger partial charge < -0.3 is 19.1 Å². The van der Waals surface area contributed by atoms with Crippen LogP contribution in [0.15, 0.2) is 102 Å². The first-order valence-corrected chi connectivity index (χ1v) is 18.6. The molecule has 278 valence electrons. The lowest BCUT2D eigenvalue weighted by molar-refractivity contribution is -0.196. The molecule has 2 aliphatic heterocycles. The molecule has 14 nitrogen and oxygen atoms in total. The molecule has 5 atom stereocenters. The average molecular weight is 721 g/mol. The fourth-order valence-electron chi connectivity index (χ4n) is 7.58. The molecule has 1 aromatic carbocycles. The molecule has 0 N–H and O–H groups in total. The molecule has 2 fully saturated rings. The average Bonchev–Trinajstić information content (AvgIpc) is 3.96. The minimum Gasteiger partial charge on any atom is -0.491 e. The summed E-state index contributed by atoms with van der Waals surface area (Å²) in [4.78, 5) is 29.1. The van der Waals surface area contributed by atoms with Crippen molar-refractivity contribution in [1.29, 1.82) is 0 Å². The van der Waals surface area contributed by atoms with Crippen LogP contribution >= 0.6 is 0 Å². The highest BCUT2D eigenvalue weighted by Gasteiger charge is 2.46. The largest absolute Gasteiger partial charge is 0.491 e. The first-order chi connectivity index (χ1) is 25.7. The second-order valence-corrected chi connectivity index (χ2v) is 14.9. The zero-order valence-electron chi connectivity index (χ0n) is 30.9. The minimum absolute atomic E-state index is 0.0530. The van der Waals surface area contributed by atoms with Crippen molar-refractivity contribution in [3.63, 3.8) is 0 Å². The Balaban J connectivity index is 0.844. The van der Waals surface area contributed by atoms with Gasteiger partial charge in [0.25, 0.3) is 0 Å². The van der Waals surface area contributed by atoms with Crippen LogP contribution in [0.5, 0.6) is 0 Å². The Labute approximate surface area is 309 Å². The first kappa shape index (κ1) is 35.1. The molecule has 2 aliphatic carbocycles. The van der Waals surface area contributed by atoms with E-state index in [0.717, 1.165) is 62.2 Å². The molecule has 0 saturated carbocycles. The van der Waals surface area contributed by atoms with Gasteiger partial charge in [-0.1, -0.05) is 37.3 Å². The summed E-state index contributed by atoms with van der Waals surface area (Å²) in [6.45, 7) is 13.2. The van der Waals surface area contributed by atoms with E-state index in [1.54, 1.807) is 39.0 Å². The van der Waals surface area contributed by atoms with Gasteiger partial charge in [0.15, 0.2) is 0 Å². The molecule has 5 unspecified atom stereocenters. The third-order valence-electron chi connectivity index (χ3n) is 11.2. The van der Waals surface area contributed by atoms with Gasteiger partial charge in [-0.2, -0.15) is 20.1 Å². The standard InChI is InChI=1S/C39H48N10O4/c1-5-29(2)49-36(50)47(28-43-49)38(4)14-10-30(11-15-38)45-20-22-46(23-21-45)37(3)16-12-31(13-17-37)51-25-32-26-52-39(53-32,27-48-41-18-19-42-48)35-24-40-33-8-6-7-9-34(33)44-35/h6-14,16,18-19,24,28-29,32H,5,15,17,20-23,25-27H2,1-4H3. The lowest BCUT2D eigenvalue weighted by Crippen LogP contribution is -2.55. The third kappa shape index (κ3) is 6.86. The van der Waals surface area contributed by atoms with E-state index in [2.05, 4.69) is 87.3 Å². The molecule has 4 aliphatic rings. The lowest BCUT2D eigenvalue weighted by Gasteiger charge is -2.46. The highest BCUT2D eigenvalue weighted by Crippen LogP contribution is 2.36. The van der Waals surface area contributed by atoms with Crippen molar-refractivity contribution in [2.75, 3.05) is 39.4 Å². The molecule has 2 saturated heterocycles. The molecular weight excluding hydrogens is 672 g/mol. The molecule has 5 heterocycles. The van der Waals surface area contributed by atoms with E-state index in [0.29, 0.717) is 18.9 Å². The monoisotopic (exact) mass is 720 g/mol. The Morgan fingerprint density at radius 1 is 0.962 bits per heavy atom. The Hall–Kier alpha value is -4.92. The van der Waals surface area contributed by atoms with Crippen LogP contribution in [0.1, 0.15) is 58.7 Å². The number of aromatic nitrogens is 8. The maximum absolute atomic E-state index is 13.1. The molecule has 0 amide bonds. The Kier molecular flexibility index (Phi) is 9.37. The third-order valence-corrected chi connectivity index (χ3v) is 11.2. The number of allylic oxidation sites excluding steroid dienone is 4. The normalized spacial score (nSPS) is 28.3. The molecule has 3 aromatic heterocycles. The molecule has 0 radical (unpaired) electrons. The number of nitrogens with zero attached hydrogens (tertiary/aromatic N) is 10. The highest BCUT2D eigenvalue weighted by atomic mass is 16.8. The van der Waals surface area contributed by atoms with Gasteiger partial charge in [-0.3, -0.25) is 14.5 Å². The predicted octanol–water partition coefficient (Wildman–Crippen LogP) is 4.31. The summed E-state index contributed by atoms with van der Waals surface area (Å²) >= 11 is 0. The number of fused-ring (bicyclic) bond motifs is 1. The summed E-state index contributed by atoms with van der Waals surface area (Å²) in [6.07, 6.45) is 21.9. The number of ether oxygens (including phenoxy) is 3. The summed E-state index contributed by atoms with van der Waals surface area (Å²) in [5.41, 5.74) is 2.78. The van der Waals surface area contributed by atoms with Gasteiger partial charge >= 0.3 is 5.69 Å². The number of para-hydroxylation sites is 2. The summed E-state index contributed by atoms with van der Waals surface area (Å²) < 4.78 is 22.5. The van der Waals surface area contributed by atoms with Gasteiger partial charge in [0, 0.05) is 37.4 Å². The second kappa shape index (κ2) is 14.1. The van der Waals surface area contributed by atoms with Crippen LogP contribution in [0.3, 0.4) is 0 Å². The molecule has 0 spiro atoms. The van der Waals surface area contributed by atoms with Gasteiger partial charge in [0.05, 0.1) is 47.8 Å². The summed E-state index contributed by atoms with van der Waals surface area (Å²) in [5, 5.41) is 13.0. The van der Waals surface area contributed by atoms with Crippen LogP contribution in [0.4, 0.5) is 0 Å². The van der Waals surface area contributed by atoms with E-state index in [1.807, 2.05) is 31.2 Å². The van der Waals surface area contributed by atoms with Gasteiger partial charge in [0.2, 0.25) is 5.79 Å². The molecule has 53 heavy (non-hydrogen) atoms. The maximum Gasteiger partial charge on any atom is 0.346 e. The van der Waals surface area contributed by atoms with E-state index >= 15 is 0 Å². The van der Waals surface area contributed by atoms with Crippen LogP contribution in [0, 0.1) is 0 Å². The van der Waals surface area contributed by atoms with Crippen molar-refractivity contribution >= 4 is 11.0 Å². The number of hydrogen-bond acceptors (Lipinski definition) is 11. The summed E-state index contributed by atoms with van der Waals surface area (Å²) in [6, 6.07) is 7.81. The minimum atomic E-state index is -1.19. The van der Waals surface area contributed by atoms with Crippen molar-refractivity contribution < 1.29 is 14.2 Å². The van der Waals surface area contributed by atoms with Crippen LogP contribution in [-0.4, -0.2) is 100 Å². The highest BCUT2D eigenvalue weighted by molar-refractivity contribution is 5.73. The Morgan fingerprint density at radius 2 is 1.72 bits per heavy atom. The van der Waals surface area contributed by atoms with Crippen molar-refractivity contribution in [2.24, 2.45) is 0 Å². The van der Waals surface area contributed by atoms with Crippen molar-refractivity contribution in [2.45, 2.75) is 82.5 Å². The van der Waals surface area contributed by atoms with E-state index in [-0.39, 0.29) is 29.9 Å². The van der Waals surface area contributed by atoms with E-state index in [1.165, 1.54) is 5.70 Å². The molecule has 14 heteroatoms. The second-order valence-electron chi connectivity index (χ2n) is 14.9. The van der Waals surface area contributed by atoms with Gasteiger partial charge in [-0.05, 0) is 70.4 Å². The molecule has 0 bridgehead atoms. The van der Waals surface area contributed by atoms with Crippen molar-refractivity contribution in [3.05, 3.63) is 113 Å². The smallest absolute Gasteiger partial charge is 0.346 e. The number of benzene rings is 1. The lowest BCUT2D eigenvalue weighted by atomic mass is 9.89.